The zero-order valence-corrected chi connectivity index (χ0v) is 12.1. The standard InChI is InChI=1S/C17H10F3NO3/c18-12-5-3-11(4-6-12)15-21-14(16(22)24-15)9-10-1-7-13(8-2-10)23-17(19)20/h1-9,17H/b14-9+. The predicted molar refractivity (Wildman–Crippen MR) is 80.1 cm³/mol. The molecule has 24 heavy (non-hydrogen) atoms. The van der Waals surface area contributed by atoms with Gasteiger partial charge in [-0.05, 0) is 48.0 Å². The van der Waals surface area contributed by atoms with Crippen LogP contribution in [0.2, 0.25) is 0 Å². The largest absolute Gasteiger partial charge is 0.435 e. The van der Waals surface area contributed by atoms with E-state index in [4.69, 9.17) is 4.74 Å². The first kappa shape index (κ1) is 15.8. The first-order valence-electron chi connectivity index (χ1n) is 6.84. The fourth-order valence-electron chi connectivity index (χ4n) is 2.03. The number of benzene rings is 2. The first-order valence-corrected chi connectivity index (χ1v) is 6.84. The van der Waals surface area contributed by atoms with Gasteiger partial charge >= 0.3 is 12.6 Å². The number of alkyl halides is 2. The number of hydrogen-bond acceptors (Lipinski definition) is 4. The van der Waals surface area contributed by atoms with Gasteiger partial charge in [0.15, 0.2) is 5.70 Å². The number of carbonyl (C=O) groups is 1. The Morgan fingerprint density at radius 3 is 2.33 bits per heavy atom. The molecule has 0 radical (unpaired) electrons. The molecule has 0 saturated carbocycles. The Hall–Kier alpha value is -3.09. The summed E-state index contributed by atoms with van der Waals surface area (Å²) in [5, 5.41) is 0. The Morgan fingerprint density at radius 1 is 1.04 bits per heavy atom. The maximum Gasteiger partial charge on any atom is 0.387 e. The van der Waals surface area contributed by atoms with Crippen LogP contribution in [0.15, 0.2) is 59.2 Å². The second-order valence-corrected chi connectivity index (χ2v) is 4.79. The van der Waals surface area contributed by atoms with E-state index in [0.717, 1.165) is 0 Å². The number of ether oxygens (including phenoxy) is 2. The van der Waals surface area contributed by atoms with Crippen LogP contribution in [0.25, 0.3) is 6.08 Å². The molecule has 2 aromatic carbocycles. The van der Waals surface area contributed by atoms with E-state index < -0.39 is 18.4 Å². The average Bonchev–Trinajstić information content (AvgIpc) is 2.90. The van der Waals surface area contributed by atoms with Crippen LogP contribution >= 0.6 is 0 Å². The highest BCUT2D eigenvalue weighted by atomic mass is 19.3. The highest BCUT2D eigenvalue weighted by molar-refractivity contribution is 6.12. The molecule has 0 N–H and O–H groups in total. The average molecular weight is 333 g/mol. The summed E-state index contributed by atoms with van der Waals surface area (Å²) in [4.78, 5) is 15.9. The van der Waals surface area contributed by atoms with E-state index in [1.165, 1.54) is 54.6 Å². The van der Waals surface area contributed by atoms with Crippen molar-refractivity contribution in [3.8, 4) is 5.75 Å². The number of hydrogen-bond donors (Lipinski definition) is 0. The number of aliphatic imine (C=N–C) groups is 1. The maximum absolute atomic E-state index is 12.9. The van der Waals surface area contributed by atoms with Gasteiger partial charge in [-0.3, -0.25) is 0 Å². The van der Waals surface area contributed by atoms with Gasteiger partial charge in [-0.2, -0.15) is 8.78 Å². The quantitative estimate of drug-likeness (QED) is 0.632. The minimum absolute atomic E-state index is 0.0108. The summed E-state index contributed by atoms with van der Waals surface area (Å²) >= 11 is 0. The van der Waals surface area contributed by atoms with Gasteiger partial charge in [0, 0.05) is 5.56 Å². The van der Waals surface area contributed by atoms with Crippen molar-refractivity contribution in [2.45, 2.75) is 6.61 Å². The van der Waals surface area contributed by atoms with E-state index in [9.17, 15) is 18.0 Å². The van der Waals surface area contributed by atoms with E-state index in [1.54, 1.807) is 0 Å². The minimum atomic E-state index is -2.90. The minimum Gasteiger partial charge on any atom is -0.435 e. The number of halogens is 3. The van der Waals surface area contributed by atoms with Gasteiger partial charge in [0.1, 0.15) is 11.6 Å². The summed E-state index contributed by atoms with van der Waals surface area (Å²) < 4.78 is 46.4. The monoisotopic (exact) mass is 333 g/mol. The number of nitrogens with zero attached hydrogens (tertiary/aromatic N) is 1. The molecule has 0 amide bonds. The van der Waals surface area contributed by atoms with Crippen molar-refractivity contribution >= 4 is 17.9 Å². The summed E-state index contributed by atoms with van der Waals surface area (Å²) in [6.45, 7) is -2.90. The number of carbonyl (C=O) groups excluding carboxylic acids is 1. The van der Waals surface area contributed by atoms with Crippen molar-refractivity contribution in [1.82, 2.24) is 0 Å². The van der Waals surface area contributed by atoms with Gasteiger partial charge in [-0.15, -0.1) is 0 Å². The lowest BCUT2D eigenvalue weighted by atomic mass is 10.2. The van der Waals surface area contributed by atoms with Crippen molar-refractivity contribution in [3.05, 3.63) is 71.2 Å². The molecular weight excluding hydrogens is 323 g/mol. The third-order valence-corrected chi connectivity index (χ3v) is 3.12. The second-order valence-electron chi connectivity index (χ2n) is 4.79. The molecule has 0 saturated heterocycles. The molecule has 122 valence electrons. The van der Waals surface area contributed by atoms with Gasteiger partial charge in [-0.25, -0.2) is 14.2 Å². The van der Waals surface area contributed by atoms with Crippen LogP contribution in [0.1, 0.15) is 11.1 Å². The normalized spacial score (nSPS) is 15.6. The lowest BCUT2D eigenvalue weighted by molar-refractivity contribution is -0.129. The molecule has 2 aromatic rings. The van der Waals surface area contributed by atoms with E-state index in [2.05, 4.69) is 9.73 Å². The van der Waals surface area contributed by atoms with Crippen molar-refractivity contribution in [1.29, 1.82) is 0 Å². The van der Waals surface area contributed by atoms with E-state index in [1.807, 2.05) is 0 Å². The van der Waals surface area contributed by atoms with Crippen LogP contribution in [0.5, 0.6) is 5.75 Å². The molecule has 4 nitrogen and oxygen atoms in total. The third kappa shape index (κ3) is 3.62. The number of esters is 1. The Bertz CT molecular complexity index is 812. The van der Waals surface area contributed by atoms with Gasteiger partial charge in [0.2, 0.25) is 5.90 Å². The van der Waals surface area contributed by atoms with Crippen molar-refractivity contribution < 1.29 is 27.4 Å². The summed E-state index contributed by atoms with van der Waals surface area (Å²) in [7, 11) is 0. The number of rotatable bonds is 4. The Balaban J connectivity index is 1.81. The maximum atomic E-state index is 12.9. The van der Waals surface area contributed by atoms with Gasteiger partial charge in [0.05, 0.1) is 0 Å². The Kier molecular flexibility index (Phi) is 4.33. The highest BCUT2D eigenvalue weighted by Crippen LogP contribution is 2.21. The van der Waals surface area contributed by atoms with Gasteiger partial charge in [0.25, 0.3) is 0 Å². The van der Waals surface area contributed by atoms with Crippen LogP contribution in [0.3, 0.4) is 0 Å². The molecular formula is C17H10F3NO3. The smallest absolute Gasteiger partial charge is 0.387 e. The fourth-order valence-corrected chi connectivity index (χ4v) is 2.03. The molecule has 1 heterocycles. The lowest BCUT2D eigenvalue weighted by Crippen LogP contribution is -2.05. The Labute approximate surface area is 134 Å². The fraction of sp³-hybridized carbons (Fsp3) is 0.0588. The van der Waals surface area contributed by atoms with E-state index in [-0.39, 0.29) is 17.3 Å². The molecule has 7 heteroatoms. The molecule has 3 rings (SSSR count). The molecule has 0 bridgehead atoms. The van der Waals surface area contributed by atoms with E-state index >= 15 is 0 Å². The molecule has 0 unspecified atom stereocenters. The van der Waals surface area contributed by atoms with Crippen LogP contribution in [0, 0.1) is 5.82 Å². The molecule has 1 aliphatic rings. The molecule has 0 spiro atoms. The van der Waals surface area contributed by atoms with Crippen LogP contribution in [-0.2, 0) is 9.53 Å². The summed E-state index contributed by atoms with van der Waals surface area (Å²) in [6, 6.07) is 11.1. The topological polar surface area (TPSA) is 47.9 Å². The molecule has 0 atom stereocenters. The van der Waals surface area contributed by atoms with Crippen LogP contribution in [-0.4, -0.2) is 18.5 Å². The zero-order valence-electron chi connectivity index (χ0n) is 12.1. The number of cyclic esters (lactones) is 1. The molecule has 1 aliphatic heterocycles. The van der Waals surface area contributed by atoms with Gasteiger partial charge in [-0.1, -0.05) is 12.1 Å². The first-order chi connectivity index (χ1) is 11.5. The van der Waals surface area contributed by atoms with Crippen molar-refractivity contribution in [2.75, 3.05) is 0 Å². The van der Waals surface area contributed by atoms with Crippen molar-refractivity contribution in [3.63, 3.8) is 0 Å². The lowest BCUT2D eigenvalue weighted by Gasteiger charge is -2.03. The van der Waals surface area contributed by atoms with Crippen LogP contribution < -0.4 is 4.74 Å². The van der Waals surface area contributed by atoms with Gasteiger partial charge < -0.3 is 9.47 Å². The summed E-state index contributed by atoms with van der Waals surface area (Å²) in [6.07, 6.45) is 1.45. The SMILES string of the molecule is O=C1OC(c2ccc(F)cc2)=N/C1=C/c1ccc(OC(F)F)cc1. The Morgan fingerprint density at radius 2 is 1.71 bits per heavy atom. The molecule has 0 aromatic heterocycles. The predicted octanol–water partition coefficient (Wildman–Crippen LogP) is 3.77. The highest BCUT2D eigenvalue weighted by Gasteiger charge is 2.24. The zero-order chi connectivity index (χ0) is 17.1. The second kappa shape index (κ2) is 6.57. The van der Waals surface area contributed by atoms with Crippen molar-refractivity contribution in [2.24, 2.45) is 4.99 Å². The molecule has 0 aliphatic carbocycles. The summed E-state index contributed by atoms with van der Waals surface area (Å²) in [5.41, 5.74) is 1.08. The van der Waals surface area contributed by atoms with Crippen LogP contribution in [0.4, 0.5) is 13.2 Å². The third-order valence-electron chi connectivity index (χ3n) is 3.12. The summed E-state index contributed by atoms with van der Waals surface area (Å²) in [5.74, 6) is -0.978. The molecule has 0 fully saturated rings. The van der Waals surface area contributed by atoms with E-state index in [0.29, 0.717) is 11.1 Å².